The van der Waals surface area contributed by atoms with E-state index in [1.807, 2.05) is 53.4 Å². The normalized spacial score (nSPS) is 20.6. The number of rotatable bonds is 6. The largest absolute Gasteiger partial charge is 0.354 e. The standard InChI is InChI=1S/C25H26ClN5O2/c26-18-11-9-17(10-12-18)23-22(24(32)27-13-15-30-16-14-28-29-30)20-7-3-4-8-21(20)25(33)31(23)19-5-1-2-6-19/h3-4,7-12,14,16,19,22-23H,1-2,5-6,13,15H2,(H,27,32)/t22-,23+/m1/s1. The number of hydrogen-bond acceptors (Lipinski definition) is 4. The van der Waals surface area contributed by atoms with Crippen molar-refractivity contribution in [2.75, 3.05) is 6.54 Å². The molecule has 1 aromatic heterocycles. The Morgan fingerprint density at radius 1 is 1.09 bits per heavy atom. The van der Waals surface area contributed by atoms with Gasteiger partial charge in [0.25, 0.3) is 5.91 Å². The first-order valence-corrected chi connectivity index (χ1v) is 11.8. The third-order valence-electron chi connectivity index (χ3n) is 6.70. The lowest BCUT2D eigenvalue weighted by Crippen LogP contribution is -2.51. The number of halogens is 1. The van der Waals surface area contributed by atoms with Gasteiger partial charge in [0.05, 0.1) is 24.7 Å². The number of hydrogen-bond donors (Lipinski definition) is 1. The molecule has 1 fully saturated rings. The molecule has 8 heteroatoms. The van der Waals surface area contributed by atoms with E-state index in [2.05, 4.69) is 15.6 Å². The number of aromatic nitrogens is 3. The molecule has 7 nitrogen and oxygen atoms in total. The summed E-state index contributed by atoms with van der Waals surface area (Å²) in [7, 11) is 0. The molecule has 2 aromatic carbocycles. The van der Waals surface area contributed by atoms with Crippen LogP contribution in [0.2, 0.25) is 5.02 Å². The number of nitrogens with zero attached hydrogens (tertiary/aromatic N) is 4. The Labute approximate surface area is 197 Å². The summed E-state index contributed by atoms with van der Waals surface area (Å²) in [5.74, 6) is -0.612. The number of carbonyl (C=O) groups excluding carboxylic acids is 2. The van der Waals surface area contributed by atoms with Crippen molar-refractivity contribution in [2.45, 2.75) is 50.2 Å². The van der Waals surface area contributed by atoms with Crippen LogP contribution in [-0.2, 0) is 11.3 Å². The molecule has 2 amide bonds. The molecule has 170 valence electrons. The van der Waals surface area contributed by atoms with Gasteiger partial charge in [-0.3, -0.25) is 14.3 Å². The molecule has 2 heterocycles. The van der Waals surface area contributed by atoms with Gasteiger partial charge in [-0.15, -0.1) is 5.10 Å². The fourth-order valence-electron chi connectivity index (χ4n) is 5.19. The molecule has 1 aliphatic heterocycles. The Morgan fingerprint density at radius 3 is 2.58 bits per heavy atom. The first kappa shape index (κ1) is 21.6. The van der Waals surface area contributed by atoms with Gasteiger partial charge in [-0.1, -0.05) is 60.0 Å². The molecule has 33 heavy (non-hydrogen) atoms. The molecule has 0 saturated heterocycles. The third-order valence-corrected chi connectivity index (χ3v) is 6.95. The molecule has 3 aromatic rings. The lowest BCUT2D eigenvalue weighted by Gasteiger charge is -2.45. The Bertz CT molecular complexity index is 1130. The van der Waals surface area contributed by atoms with Crippen LogP contribution in [0.1, 0.15) is 59.1 Å². The molecule has 0 bridgehead atoms. The van der Waals surface area contributed by atoms with Crippen LogP contribution in [-0.4, -0.2) is 44.3 Å². The summed E-state index contributed by atoms with van der Waals surface area (Å²) in [4.78, 5) is 29.4. The molecule has 0 unspecified atom stereocenters. The van der Waals surface area contributed by atoms with Gasteiger partial charge in [-0.25, -0.2) is 0 Å². The van der Waals surface area contributed by atoms with Crippen molar-refractivity contribution in [2.24, 2.45) is 0 Å². The monoisotopic (exact) mass is 463 g/mol. The minimum atomic E-state index is -0.517. The van der Waals surface area contributed by atoms with Crippen LogP contribution in [0.5, 0.6) is 0 Å². The summed E-state index contributed by atoms with van der Waals surface area (Å²) in [5.41, 5.74) is 2.31. The van der Waals surface area contributed by atoms with E-state index in [1.165, 1.54) is 0 Å². The van der Waals surface area contributed by atoms with Crippen molar-refractivity contribution in [3.05, 3.63) is 82.6 Å². The summed E-state index contributed by atoms with van der Waals surface area (Å²) in [6.45, 7) is 0.947. The smallest absolute Gasteiger partial charge is 0.254 e. The van der Waals surface area contributed by atoms with E-state index in [0.29, 0.717) is 23.7 Å². The number of nitrogens with one attached hydrogen (secondary N) is 1. The van der Waals surface area contributed by atoms with Crippen LogP contribution in [0.15, 0.2) is 60.9 Å². The van der Waals surface area contributed by atoms with Gasteiger partial charge in [-0.2, -0.15) is 0 Å². The Kier molecular flexibility index (Phi) is 6.13. The molecule has 0 spiro atoms. The van der Waals surface area contributed by atoms with Gasteiger partial charge in [0, 0.05) is 29.4 Å². The molecule has 1 N–H and O–H groups in total. The van der Waals surface area contributed by atoms with E-state index in [-0.39, 0.29) is 23.9 Å². The highest BCUT2D eigenvalue weighted by Crippen LogP contribution is 2.46. The van der Waals surface area contributed by atoms with Crippen LogP contribution in [0.3, 0.4) is 0 Å². The lowest BCUT2D eigenvalue weighted by molar-refractivity contribution is -0.124. The lowest BCUT2D eigenvalue weighted by atomic mass is 9.78. The van der Waals surface area contributed by atoms with Crippen LogP contribution in [0, 0.1) is 0 Å². The fraction of sp³-hybridized carbons (Fsp3) is 0.360. The predicted octanol–water partition coefficient (Wildman–Crippen LogP) is 3.97. The summed E-state index contributed by atoms with van der Waals surface area (Å²) in [5, 5.41) is 11.5. The number of amides is 2. The van der Waals surface area contributed by atoms with E-state index in [4.69, 9.17) is 11.6 Å². The number of fused-ring (bicyclic) bond motifs is 1. The summed E-state index contributed by atoms with van der Waals surface area (Å²) in [6, 6.07) is 14.8. The highest BCUT2D eigenvalue weighted by molar-refractivity contribution is 6.30. The van der Waals surface area contributed by atoms with Gasteiger partial charge in [-0.05, 0) is 42.2 Å². The average Bonchev–Trinajstić information content (AvgIpc) is 3.54. The number of benzene rings is 2. The summed E-state index contributed by atoms with van der Waals surface area (Å²) < 4.78 is 1.68. The second-order valence-electron chi connectivity index (χ2n) is 8.67. The molecule has 1 saturated carbocycles. The highest BCUT2D eigenvalue weighted by atomic mass is 35.5. The van der Waals surface area contributed by atoms with E-state index in [0.717, 1.165) is 36.8 Å². The summed E-state index contributed by atoms with van der Waals surface area (Å²) in [6.07, 6.45) is 7.48. The van der Waals surface area contributed by atoms with E-state index in [9.17, 15) is 9.59 Å². The zero-order chi connectivity index (χ0) is 22.8. The maximum Gasteiger partial charge on any atom is 0.254 e. The minimum Gasteiger partial charge on any atom is -0.354 e. The molecule has 5 rings (SSSR count). The summed E-state index contributed by atoms with van der Waals surface area (Å²) >= 11 is 6.17. The van der Waals surface area contributed by atoms with Gasteiger partial charge in [0.15, 0.2) is 0 Å². The van der Waals surface area contributed by atoms with Crippen molar-refractivity contribution >= 4 is 23.4 Å². The van der Waals surface area contributed by atoms with Crippen molar-refractivity contribution in [1.29, 1.82) is 0 Å². The van der Waals surface area contributed by atoms with Crippen molar-refractivity contribution in [1.82, 2.24) is 25.2 Å². The van der Waals surface area contributed by atoms with Gasteiger partial charge in [0.1, 0.15) is 0 Å². The van der Waals surface area contributed by atoms with E-state index >= 15 is 0 Å². The van der Waals surface area contributed by atoms with Gasteiger partial charge in [0.2, 0.25) is 5.91 Å². The molecule has 0 radical (unpaired) electrons. The minimum absolute atomic E-state index is 0.00381. The van der Waals surface area contributed by atoms with Crippen LogP contribution < -0.4 is 5.32 Å². The highest BCUT2D eigenvalue weighted by Gasteiger charge is 2.46. The molecular weight excluding hydrogens is 438 g/mol. The molecule has 2 atom stereocenters. The Hall–Kier alpha value is -3.19. The first-order valence-electron chi connectivity index (χ1n) is 11.4. The van der Waals surface area contributed by atoms with Crippen LogP contribution >= 0.6 is 11.6 Å². The van der Waals surface area contributed by atoms with Crippen molar-refractivity contribution in [3.8, 4) is 0 Å². The SMILES string of the molecule is O=C(NCCn1ccnn1)[C@@H]1c2ccccc2C(=O)N(C2CCCC2)[C@H]1c1ccc(Cl)cc1. The van der Waals surface area contributed by atoms with E-state index < -0.39 is 5.92 Å². The van der Waals surface area contributed by atoms with E-state index in [1.54, 1.807) is 17.1 Å². The first-order chi connectivity index (χ1) is 16.1. The third kappa shape index (κ3) is 4.25. The Balaban J connectivity index is 1.54. The average molecular weight is 464 g/mol. The topological polar surface area (TPSA) is 80.1 Å². The van der Waals surface area contributed by atoms with Crippen LogP contribution in [0.25, 0.3) is 0 Å². The van der Waals surface area contributed by atoms with Crippen LogP contribution in [0.4, 0.5) is 0 Å². The Morgan fingerprint density at radius 2 is 1.85 bits per heavy atom. The van der Waals surface area contributed by atoms with Gasteiger partial charge >= 0.3 is 0 Å². The maximum absolute atomic E-state index is 13.7. The molecule has 1 aliphatic carbocycles. The van der Waals surface area contributed by atoms with Gasteiger partial charge < -0.3 is 10.2 Å². The predicted molar refractivity (Wildman–Crippen MR) is 125 cm³/mol. The number of carbonyl (C=O) groups is 2. The van der Waals surface area contributed by atoms with Crippen molar-refractivity contribution < 1.29 is 9.59 Å². The van der Waals surface area contributed by atoms with Crippen molar-refractivity contribution in [3.63, 3.8) is 0 Å². The second-order valence-corrected chi connectivity index (χ2v) is 9.11. The zero-order valence-corrected chi connectivity index (χ0v) is 19.0. The maximum atomic E-state index is 13.7. The zero-order valence-electron chi connectivity index (χ0n) is 18.2. The quantitative estimate of drug-likeness (QED) is 0.599. The molecule has 2 aliphatic rings. The molecular formula is C25H26ClN5O2. The fourth-order valence-corrected chi connectivity index (χ4v) is 5.31. The second kappa shape index (κ2) is 9.35.